The van der Waals surface area contributed by atoms with Gasteiger partial charge in [-0.2, -0.15) is 4.31 Å². The second-order valence-corrected chi connectivity index (χ2v) is 10.2. The quantitative estimate of drug-likeness (QED) is 0.808. The van der Waals surface area contributed by atoms with Crippen molar-refractivity contribution in [3.8, 4) is 0 Å². The van der Waals surface area contributed by atoms with Gasteiger partial charge in [-0.1, -0.05) is 24.1 Å². The Bertz CT molecular complexity index is 778. The molecule has 1 N–H and O–H groups in total. The highest BCUT2D eigenvalue weighted by molar-refractivity contribution is 7.89. The highest BCUT2D eigenvalue weighted by Crippen LogP contribution is 2.22. The summed E-state index contributed by atoms with van der Waals surface area (Å²) in [5.74, 6) is 0.166. The Morgan fingerprint density at radius 2 is 1.57 bits per heavy atom. The average Bonchev–Trinajstić information content (AvgIpc) is 2.63. The summed E-state index contributed by atoms with van der Waals surface area (Å²) in [5.41, 5.74) is 1.83. The number of benzene rings is 1. The van der Waals surface area contributed by atoms with E-state index in [0.29, 0.717) is 37.6 Å². The average molecular weight is 409 g/mol. The molecule has 2 aliphatic rings. The van der Waals surface area contributed by atoms with Crippen LogP contribution >= 0.6 is 0 Å². The Balaban J connectivity index is 1.56. The molecule has 0 spiro atoms. The highest BCUT2D eigenvalue weighted by Gasteiger charge is 2.32. The molecule has 1 aromatic carbocycles. The smallest absolute Gasteiger partial charge is 0.277 e. The SMILES string of the molecule is Cc1ccc(S(=O)(=O)N2CCN(C(=O)C[NH+]3CCCCCCC3)CC2)c(C)c1. The number of likely N-dealkylation sites (tertiary alicyclic amines) is 1. The molecule has 0 saturated carbocycles. The number of carbonyl (C=O) groups is 1. The van der Waals surface area contributed by atoms with E-state index in [1.54, 1.807) is 6.07 Å². The van der Waals surface area contributed by atoms with Gasteiger partial charge in [0.2, 0.25) is 10.0 Å². The summed E-state index contributed by atoms with van der Waals surface area (Å²) in [6.07, 6.45) is 6.26. The van der Waals surface area contributed by atoms with Crippen LogP contribution in [0.15, 0.2) is 23.1 Å². The number of nitrogens with one attached hydrogen (secondary N) is 1. The lowest BCUT2D eigenvalue weighted by Crippen LogP contribution is -3.13. The maximum atomic E-state index is 13.0. The zero-order valence-electron chi connectivity index (χ0n) is 17.2. The van der Waals surface area contributed by atoms with Gasteiger partial charge >= 0.3 is 0 Å². The molecule has 1 aromatic rings. The predicted molar refractivity (Wildman–Crippen MR) is 110 cm³/mol. The zero-order valence-corrected chi connectivity index (χ0v) is 18.1. The fourth-order valence-electron chi connectivity index (χ4n) is 4.31. The number of hydrogen-bond acceptors (Lipinski definition) is 3. The molecule has 2 saturated heterocycles. The van der Waals surface area contributed by atoms with Crippen molar-refractivity contribution in [3.05, 3.63) is 29.3 Å². The van der Waals surface area contributed by atoms with Crippen LogP contribution in [0, 0.1) is 13.8 Å². The van der Waals surface area contributed by atoms with Gasteiger partial charge in [0.25, 0.3) is 5.91 Å². The van der Waals surface area contributed by atoms with Gasteiger partial charge in [-0.15, -0.1) is 0 Å². The monoisotopic (exact) mass is 408 g/mol. The van der Waals surface area contributed by atoms with E-state index in [2.05, 4.69) is 0 Å². The van der Waals surface area contributed by atoms with E-state index < -0.39 is 10.0 Å². The van der Waals surface area contributed by atoms with Crippen molar-refractivity contribution >= 4 is 15.9 Å². The number of nitrogens with zero attached hydrogens (tertiary/aromatic N) is 2. The predicted octanol–water partition coefficient (Wildman–Crippen LogP) is 0.985. The third-order valence-electron chi connectivity index (χ3n) is 6.00. The molecule has 6 nitrogen and oxygen atoms in total. The van der Waals surface area contributed by atoms with Crippen molar-refractivity contribution < 1.29 is 18.1 Å². The molecular formula is C21H34N3O3S+. The number of hydrogen-bond donors (Lipinski definition) is 1. The molecule has 0 aliphatic carbocycles. The number of sulfonamides is 1. The van der Waals surface area contributed by atoms with Crippen LogP contribution in [0.25, 0.3) is 0 Å². The van der Waals surface area contributed by atoms with Gasteiger partial charge < -0.3 is 9.80 Å². The third kappa shape index (κ3) is 5.13. The first-order valence-corrected chi connectivity index (χ1v) is 12.0. The van der Waals surface area contributed by atoms with Crippen LogP contribution < -0.4 is 4.90 Å². The largest absolute Gasteiger partial charge is 0.335 e. The van der Waals surface area contributed by atoms with Gasteiger partial charge in [0.1, 0.15) is 0 Å². The molecule has 0 atom stereocenters. The second kappa shape index (κ2) is 9.37. The Morgan fingerprint density at radius 3 is 2.18 bits per heavy atom. The van der Waals surface area contributed by atoms with Gasteiger partial charge in [0, 0.05) is 26.2 Å². The summed E-state index contributed by atoms with van der Waals surface area (Å²) in [5, 5.41) is 0. The Labute approximate surface area is 169 Å². The molecule has 1 amide bonds. The van der Waals surface area contributed by atoms with Gasteiger partial charge in [-0.25, -0.2) is 8.42 Å². The maximum Gasteiger partial charge on any atom is 0.277 e. The summed E-state index contributed by atoms with van der Waals surface area (Å²) in [7, 11) is -3.50. The molecule has 2 fully saturated rings. The number of rotatable bonds is 4. The molecule has 3 rings (SSSR count). The summed E-state index contributed by atoms with van der Waals surface area (Å²) in [4.78, 5) is 16.3. The number of piperazine rings is 1. The summed E-state index contributed by atoms with van der Waals surface area (Å²) in [6.45, 7) is 8.21. The highest BCUT2D eigenvalue weighted by atomic mass is 32.2. The van der Waals surface area contributed by atoms with Crippen LogP contribution in [-0.4, -0.2) is 69.3 Å². The Kier molecular flexibility index (Phi) is 7.12. The van der Waals surface area contributed by atoms with Gasteiger partial charge in [0.15, 0.2) is 6.54 Å². The number of amides is 1. The molecule has 2 heterocycles. The Morgan fingerprint density at radius 1 is 0.964 bits per heavy atom. The molecule has 7 heteroatoms. The first-order valence-electron chi connectivity index (χ1n) is 10.6. The van der Waals surface area contributed by atoms with Crippen LogP contribution in [0.4, 0.5) is 0 Å². The molecule has 28 heavy (non-hydrogen) atoms. The molecule has 0 radical (unpaired) electrons. The zero-order chi connectivity index (χ0) is 20.1. The van der Waals surface area contributed by atoms with Crippen LogP contribution in [-0.2, 0) is 14.8 Å². The van der Waals surface area contributed by atoms with E-state index in [1.165, 1.54) is 41.3 Å². The van der Waals surface area contributed by atoms with Crippen LogP contribution in [0.3, 0.4) is 0 Å². The summed E-state index contributed by atoms with van der Waals surface area (Å²) in [6, 6.07) is 5.44. The minimum Gasteiger partial charge on any atom is -0.335 e. The van der Waals surface area contributed by atoms with Crippen LogP contribution in [0.5, 0.6) is 0 Å². The molecule has 0 aromatic heterocycles. The third-order valence-corrected chi connectivity index (χ3v) is 8.06. The van der Waals surface area contributed by atoms with Crippen molar-refractivity contribution in [1.82, 2.24) is 9.21 Å². The molecule has 2 aliphatic heterocycles. The van der Waals surface area contributed by atoms with Crippen LogP contribution in [0.2, 0.25) is 0 Å². The van der Waals surface area contributed by atoms with Gasteiger partial charge in [-0.3, -0.25) is 4.79 Å². The van der Waals surface area contributed by atoms with Crippen molar-refractivity contribution in [3.63, 3.8) is 0 Å². The van der Waals surface area contributed by atoms with Gasteiger partial charge in [-0.05, 0) is 51.2 Å². The van der Waals surface area contributed by atoms with E-state index >= 15 is 0 Å². The second-order valence-electron chi connectivity index (χ2n) is 8.25. The van der Waals surface area contributed by atoms with E-state index in [9.17, 15) is 13.2 Å². The van der Waals surface area contributed by atoms with E-state index in [1.807, 2.05) is 30.9 Å². The molecule has 156 valence electrons. The van der Waals surface area contributed by atoms with E-state index in [-0.39, 0.29) is 5.91 Å². The lowest BCUT2D eigenvalue weighted by atomic mass is 10.1. The van der Waals surface area contributed by atoms with Crippen molar-refractivity contribution in [2.75, 3.05) is 45.8 Å². The standard InChI is InChI=1S/C21H33N3O3S/c1-18-8-9-20(19(2)16-18)28(26,27)24-14-12-23(13-15-24)21(25)17-22-10-6-4-3-5-7-11-22/h8-9,16H,3-7,10-15,17H2,1-2H3/p+1. The minimum atomic E-state index is -3.50. The number of carbonyl (C=O) groups excluding carboxylic acids is 1. The molecule has 0 unspecified atom stereocenters. The van der Waals surface area contributed by atoms with E-state index in [0.717, 1.165) is 24.2 Å². The maximum absolute atomic E-state index is 13.0. The van der Waals surface area contributed by atoms with Crippen molar-refractivity contribution in [1.29, 1.82) is 0 Å². The normalized spacial score (nSPS) is 20.6. The first kappa shape index (κ1) is 21.3. The van der Waals surface area contributed by atoms with Gasteiger partial charge in [0.05, 0.1) is 18.0 Å². The molecule has 0 bridgehead atoms. The van der Waals surface area contributed by atoms with Crippen molar-refractivity contribution in [2.24, 2.45) is 0 Å². The number of aryl methyl sites for hydroxylation is 2. The van der Waals surface area contributed by atoms with E-state index in [4.69, 9.17) is 0 Å². The van der Waals surface area contributed by atoms with Crippen molar-refractivity contribution in [2.45, 2.75) is 50.8 Å². The first-order chi connectivity index (χ1) is 13.4. The summed E-state index contributed by atoms with van der Waals surface area (Å²) < 4.78 is 27.5. The Hall–Kier alpha value is -1.44. The fraction of sp³-hybridized carbons (Fsp3) is 0.667. The van der Waals surface area contributed by atoms with Crippen LogP contribution in [0.1, 0.15) is 43.2 Å². The molecular weight excluding hydrogens is 374 g/mol. The lowest BCUT2D eigenvalue weighted by Gasteiger charge is -2.35. The lowest BCUT2D eigenvalue weighted by molar-refractivity contribution is -0.893. The minimum absolute atomic E-state index is 0.166. The number of quaternary nitrogens is 1. The summed E-state index contributed by atoms with van der Waals surface area (Å²) >= 11 is 0. The topological polar surface area (TPSA) is 62.1 Å². The fourth-order valence-corrected chi connectivity index (χ4v) is 5.94.